The van der Waals surface area contributed by atoms with Gasteiger partial charge < -0.3 is 31.3 Å². The Morgan fingerprint density at radius 3 is 1.88 bits per heavy atom. The lowest BCUT2D eigenvalue weighted by Gasteiger charge is -2.18. The highest BCUT2D eigenvalue weighted by Crippen LogP contribution is 2.03. The predicted octanol–water partition coefficient (Wildman–Crippen LogP) is 0.615. The van der Waals surface area contributed by atoms with Gasteiger partial charge in [0.15, 0.2) is 0 Å². The van der Waals surface area contributed by atoms with Crippen molar-refractivity contribution >= 4 is 23.9 Å². The first-order chi connectivity index (χ1) is 12.2. The fourth-order valence-corrected chi connectivity index (χ4v) is 2.11. The fraction of sp³-hybridized carbons (Fsp3) is 0.750. The quantitative estimate of drug-likeness (QED) is 0.240. The summed E-state index contributed by atoms with van der Waals surface area (Å²) in [6.45, 7) is 4.85. The van der Waals surface area contributed by atoms with Crippen molar-refractivity contribution in [2.45, 2.75) is 70.5 Å². The monoisotopic (exact) mass is 375 g/mol. The molecule has 0 spiro atoms. The maximum Gasteiger partial charge on any atom is 0.326 e. The Kier molecular flexibility index (Phi) is 11.8. The molecule has 0 aromatic rings. The van der Waals surface area contributed by atoms with E-state index >= 15 is 0 Å². The van der Waals surface area contributed by atoms with Gasteiger partial charge in [0.05, 0.1) is 0 Å². The van der Waals surface area contributed by atoms with E-state index in [1.807, 2.05) is 0 Å². The molecule has 0 aliphatic heterocycles. The summed E-state index contributed by atoms with van der Waals surface area (Å²) in [6, 6.07) is -3.12. The molecule has 6 N–H and O–H groups in total. The minimum atomic E-state index is -1.40. The molecule has 0 saturated carbocycles. The third-order valence-corrected chi connectivity index (χ3v) is 3.88. The number of hydrogen-bond acceptors (Lipinski definition) is 5. The predicted molar refractivity (Wildman–Crippen MR) is 93.0 cm³/mol. The molecule has 10 nitrogen and oxygen atoms in total. The van der Waals surface area contributed by atoms with Crippen molar-refractivity contribution < 1.29 is 34.5 Å². The van der Waals surface area contributed by atoms with E-state index in [0.29, 0.717) is 12.5 Å². The van der Waals surface area contributed by atoms with E-state index in [9.17, 15) is 24.3 Å². The molecule has 0 aromatic carbocycles. The zero-order valence-electron chi connectivity index (χ0n) is 15.2. The highest BCUT2D eigenvalue weighted by Gasteiger charge is 2.24. The first-order valence-electron chi connectivity index (χ1n) is 8.65. The molecular weight excluding hydrogens is 346 g/mol. The van der Waals surface area contributed by atoms with Gasteiger partial charge >= 0.3 is 23.9 Å². The van der Waals surface area contributed by atoms with Crippen LogP contribution in [0.4, 0.5) is 4.79 Å². The second-order valence-corrected chi connectivity index (χ2v) is 6.09. The van der Waals surface area contributed by atoms with Gasteiger partial charge in [-0.25, -0.2) is 14.4 Å². The number of nitrogens with one attached hydrogen (secondary N) is 3. The van der Waals surface area contributed by atoms with Crippen molar-refractivity contribution in [3.05, 3.63) is 0 Å². The molecule has 0 aromatic heterocycles. The number of carboxylic acids is 3. The zero-order valence-corrected chi connectivity index (χ0v) is 15.2. The summed E-state index contributed by atoms with van der Waals surface area (Å²) in [6.07, 6.45) is 1.79. The van der Waals surface area contributed by atoms with Gasteiger partial charge in [-0.1, -0.05) is 6.92 Å². The molecule has 26 heavy (non-hydrogen) atoms. The van der Waals surface area contributed by atoms with Gasteiger partial charge in [-0.05, 0) is 45.6 Å². The number of carbonyl (C=O) groups is 4. The average Bonchev–Trinajstić information content (AvgIpc) is 2.56. The van der Waals surface area contributed by atoms with Crippen LogP contribution in [0, 0.1) is 0 Å². The Labute approximate surface area is 152 Å². The van der Waals surface area contributed by atoms with Crippen LogP contribution >= 0.6 is 0 Å². The van der Waals surface area contributed by atoms with Crippen LogP contribution in [0.5, 0.6) is 0 Å². The van der Waals surface area contributed by atoms with E-state index in [1.165, 1.54) is 0 Å². The Morgan fingerprint density at radius 1 is 0.885 bits per heavy atom. The molecule has 1 unspecified atom stereocenters. The van der Waals surface area contributed by atoms with Crippen LogP contribution in [-0.2, 0) is 14.4 Å². The first kappa shape index (κ1) is 23.6. The molecule has 0 heterocycles. The lowest BCUT2D eigenvalue weighted by Crippen LogP contribution is -2.51. The fourth-order valence-electron chi connectivity index (χ4n) is 2.11. The van der Waals surface area contributed by atoms with Crippen LogP contribution < -0.4 is 16.0 Å². The van der Waals surface area contributed by atoms with E-state index in [1.54, 1.807) is 0 Å². The topological polar surface area (TPSA) is 165 Å². The Balaban J connectivity index is 4.37. The van der Waals surface area contributed by atoms with Gasteiger partial charge in [0.2, 0.25) is 0 Å². The molecule has 0 saturated heterocycles. The molecule has 0 rings (SSSR count). The molecule has 2 amide bonds. The van der Waals surface area contributed by atoms with Crippen molar-refractivity contribution in [3.8, 4) is 0 Å². The standard InChI is InChI=1S/C16H29N3O7/c1-3-10(2)17-9-5-4-6-11(14(22)23)18-16(26)19-12(15(24)25)7-8-13(20)21/h10-12,17H,3-9H2,1-2H3,(H,20,21)(H,22,23)(H,24,25)(H2,18,19,26)/t10?,11-,12-/m0/s1. The number of urea groups is 1. The summed E-state index contributed by atoms with van der Waals surface area (Å²) in [4.78, 5) is 44.6. The van der Waals surface area contributed by atoms with Gasteiger partial charge in [0, 0.05) is 12.5 Å². The molecule has 0 radical (unpaired) electrons. The molecule has 150 valence electrons. The summed E-state index contributed by atoms with van der Waals surface area (Å²) >= 11 is 0. The van der Waals surface area contributed by atoms with Crippen molar-refractivity contribution in [2.75, 3.05) is 6.54 Å². The zero-order chi connectivity index (χ0) is 20.1. The third kappa shape index (κ3) is 11.2. The van der Waals surface area contributed by atoms with E-state index in [-0.39, 0.29) is 12.8 Å². The molecule has 10 heteroatoms. The van der Waals surface area contributed by atoms with E-state index in [2.05, 4.69) is 29.8 Å². The van der Waals surface area contributed by atoms with Crippen molar-refractivity contribution in [1.82, 2.24) is 16.0 Å². The van der Waals surface area contributed by atoms with Gasteiger partial charge in [-0.2, -0.15) is 0 Å². The van der Waals surface area contributed by atoms with Crippen LogP contribution in [0.2, 0.25) is 0 Å². The summed E-state index contributed by atoms with van der Waals surface area (Å²) in [5.74, 6) is -3.79. The summed E-state index contributed by atoms with van der Waals surface area (Å²) in [5, 5.41) is 34.3. The maximum absolute atomic E-state index is 11.8. The minimum Gasteiger partial charge on any atom is -0.481 e. The summed E-state index contributed by atoms with van der Waals surface area (Å²) in [7, 11) is 0. The second kappa shape index (κ2) is 12.9. The maximum atomic E-state index is 11.8. The van der Waals surface area contributed by atoms with Crippen LogP contribution in [0.1, 0.15) is 52.4 Å². The summed E-state index contributed by atoms with van der Waals surface area (Å²) in [5.41, 5.74) is 0. The van der Waals surface area contributed by atoms with Crippen molar-refractivity contribution in [1.29, 1.82) is 0 Å². The van der Waals surface area contributed by atoms with Crippen LogP contribution in [-0.4, -0.2) is 63.9 Å². The second-order valence-electron chi connectivity index (χ2n) is 6.09. The highest BCUT2D eigenvalue weighted by atomic mass is 16.4. The number of rotatable bonds is 14. The molecule has 0 bridgehead atoms. The normalized spacial score (nSPS) is 14.1. The number of aliphatic carboxylic acids is 3. The molecule has 0 aliphatic carbocycles. The Morgan fingerprint density at radius 2 is 1.42 bits per heavy atom. The van der Waals surface area contributed by atoms with Gasteiger partial charge in [0.1, 0.15) is 12.1 Å². The van der Waals surface area contributed by atoms with Crippen molar-refractivity contribution in [2.24, 2.45) is 0 Å². The number of unbranched alkanes of at least 4 members (excludes halogenated alkanes) is 1. The first-order valence-corrected chi connectivity index (χ1v) is 8.65. The lowest BCUT2D eigenvalue weighted by molar-refractivity contribution is -0.140. The molecular formula is C16H29N3O7. The Hall–Kier alpha value is -2.36. The third-order valence-electron chi connectivity index (χ3n) is 3.88. The number of hydrogen-bond donors (Lipinski definition) is 6. The van der Waals surface area contributed by atoms with E-state index < -0.39 is 42.4 Å². The van der Waals surface area contributed by atoms with Crippen LogP contribution in [0.25, 0.3) is 0 Å². The Bertz CT molecular complexity index is 484. The number of carboxylic acid groups (broad SMARTS) is 3. The molecule has 0 aliphatic rings. The van der Waals surface area contributed by atoms with E-state index in [4.69, 9.17) is 10.2 Å². The number of amides is 2. The largest absolute Gasteiger partial charge is 0.481 e. The molecule has 3 atom stereocenters. The SMILES string of the molecule is CCC(C)NCCCC[C@H](NC(=O)N[C@@H](CCC(=O)O)C(=O)O)C(=O)O. The van der Waals surface area contributed by atoms with E-state index in [0.717, 1.165) is 19.4 Å². The van der Waals surface area contributed by atoms with Crippen molar-refractivity contribution in [3.63, 3.8) is 0 Å². The van der Waals surface area contributed by atoms with Gasteiger partial charge in [0.25, 0.3) is 0 Å². The smallest absolute Gasteiger partial charge is 0.326 e. The van der Waals surface area contributed by atoms with Gasteiger partial charge in [-0.15, -0.1) is 0 Å². The van der Waals surface area contributed by atoms with Gasteiger partial charge in [-0.3, -0.25) is 4.79 Å². The highest BCUT2D eigenvalue weighted by molar-refractivity contribution is 5.86. The minimum absolute atomic E-state index is 0.206. The average molecular weight is 375 g/mol. The molecule has 0 fully saturated rings. The van der Waals surface area contributed by atoms with Crippen LogP contribution in [0.15, 0.2) is 0 Å². The summed E-state index contributed by atoms with van der Waals surface area (Å²) < 4.78 is 0. The lowest BCUT2D eigenvalue weighted by atomic mass is 10.1. The van der Waals surface area contributed by atoms with Crippen LogP contribution in [0.3, 0.4) is 0 Å². The number of carbonyl (C=O) groups excluding carboxylic acids is 1.